The molecule has 0 saturated carbocycles. The van der Waals surface area contributed by atoms with E-state index in [4.69, 9.17) is 0 Å². The zero-order valence-corrected chi connectivity index (χ0v) is 10.8. The number of rotatable bonds is 0. The van der Waals surface area contributed by atoms with Crippen molar-refractivity contribution in [1.82, 2.24) is 0 Å². The van der Waals surface area contributed by atoms with Crippen LogP contribution in [-0.2, 0) is 0 Å². The topological polar surface area (TPSA) is 0 Å². The van der Waals surface area contributed by atoms with Crippen LogP contribution >= 0.6 is 15.9 Å². The molecule has 13 heavy (non-hydrogen) atoms. The van der Waals surface area contributed by atoms with E-state index in [1.54, 1.807) is 0 Å². The van der Waals surface area contributed by atoms with Crippen LogP contribution in [0.25, 0.3) is 0 Å². The Bertz CT molecular complexity index is 352. The van der Waals surface area contributed by atoms with Gasteiger partial charge in [0.25, 0.3) is 0 Å². The van der Waals surface area contributed by atoms with Gasteiger partial charge in [0.1, 0.15) is 8.07 Å². The minimum absolute atomic E-state index is 1.08. The summed E-state index contributed by atoms with van der Waals surface area (Å²) in [5.74, 6) is 3.22. The normalized spacial score (nSPS) is 10.5. The smallest absolute Gasteiger partial charge is 0.127 e. The van der Waals surface area contributed by atoms with Crippen molar-refractivity contribution in [1.29, 1.82) is 0 Å². The van der Waals surface area contributed by atoms with Crippen LogP contribution in [-0.4, -0.2) is 8.07 Å². The minimum Gasteiger partial charge on any atom is -0.127 e. The summed E-state index contributed by atoms with van der Waals surface area (Å²) in [6, 6.07) is 8.08. The molecule has 0 fully saturated rings. The van der Waals surface area contributed by atoms with Crippen molar-refractivity contribution in [2.45, 2.75) is 19.6 Å². The molecular weight excluding hydrogens is 240 g/mol. The van der Waals surface area contributed by atoms with Crippen LogP contribution in [0, 0.1) is 11.5 Å². The largest absolute Gasteiger partial charge is 0.129 e. The van der Waals surface area contributed by atoms with Crippen LogP contribution in [0.1, 0.15) is 5.56 Å². The summed E-state index contributed by atoms with van der Waals surface area (Å²) < 4.78 is 1.08. The van der Waals surface area contributed by atoms with Crippen molar-refractivity contribution in [3.8, 4) is 11.5 Å². The molecule has 0 aliphatic heterocycles. The third kappa shape index (κ3) is 3.80. The van der Waals surface area contributed by atoms with E-state index >= 15 is 0 Å². The average molecular weight is 253 g/mol. The Morgan fingerprint density at radius 1 is 1.15 bits per heavy atom. The van der Waals surface area contributed by atoms with Crippen LogP contribution in [0.5, 0.6) is 0 Å². The van der Waals surface area contributed by atoms with Gasteiger partial charge in [-0.25, -0.2) is 0 Å². The molecule has 0 saturated heterocycles. The van der Waals surface area contributed by atoms with Crippen molar-refractivity contribution in [3.05, 3.63) is 34.3 Å². The van der Waals surface area contributed by atoms with E-state index in [0.717, 1.165) is 10.0 Å². The summed E-state index contributed by atoms with van der Waals surface area (Å²) >= 11 is 3.48. The quantitative estimate of drug-likeness (QED) is 0.488. The summed E-state index contributed by atoms with van der Waals surface area (Å²) in [5.41, 5.74) is 4.43. The number of hydrogen-bond donors (Lipinski definition) is 0. The summed E-state index contributed by atoms with van der Waals surface area (Å²) in [4.78, 5) is 0. The highest BCUT2D eigenvalue weighted by Gasteiger charge is 2.07. The van der Waals surface area contributed by atoms with Gasteiger partial charge in [-0.1, -0.05) is 37.7 Å². The Kier molecular flexibility index (Phi) is 3.35. The van der Waals surface area contributed by atoms with Gasteiger partial charge in [-0.05, 0) is 28.1 Å². The number of benzene rings is 1. The van der Waals surface area contributed by atoms with E-state index < -0.39 is 8.07 Å². The molecule has 1 rings (SSSR count). The summed E-state index contributed by atoms with van der Waals surface area (Å²) in [5, 5.41) is 0. The van der Waals surface area contributed by atoms with Crippen LogP contribution in [0.2, 0.25) is 19.6 Å². The molecule has 0 nitrogen and oxygen atoms in total. The molecule has 0 aliphatic carbocycles. The SMILES string of the molecule is C[Si](C)(C)C#Cc1ccccc1Br. The summed E-state index contributed by atoms with van der Waals surface area (Å²) in [7, 11) is -1.24. The highest BCUT2D eigenvalue weighted by Crippen LogP contribution is 2.14. The number of halogens is 1. The standard InChI is InChI=1S/C11H13BrSi/c1-13(2,3)9-8-10-6-4-5-7-11(10)12/h4-7H,1-3H3. The molecule has 0 bridgehead atoms. The van der Waals surface area contributed by atoms with E-state index in [0.29, 0.717) is 0 Å². The van der Waals surface area contributed by atoms with Gasteiger partial charge < -0.3 is 0 Å². The first kappa shape index (κ1) is 10.6. The van der Waals surface area contributed by atoms with E-state index in [2.05, 4.69) is 47.0 Å². The molecule has 0 aromatic heterocycles. The van der Waals surface area contributed by atoms with Crippen molar-refractivity contribution < 1.29 is 0 Å². The van der Waals surface area contributed by atoms with Gasteiger partial charge in [-0.15, -0.1) is 5.54 Å². The lowest BCUT2D eigenvalue weighted by atomic mass is 10.2. The highest BCUT2D eigenvalue weighted by molar-refractivity contribution is 9.10. The highest BCUT2D eigenvalue weighted by atomic mass is 79.9. The van der Waals surface area contributed by atoms with Gasteiger partial charge in [0.05, 0.1) is 0 Å². The monoisotopic (exact) mass is 252 g/mol. The van der Waals surface area contributed by atoms with Crippen LogP contribution < -0.4 is 0 Å². The fourth-order valence-electron chi connectivity index (χ4n) is 0.817. The van der Waals surface area contributed by atoms with Gasteiger partial charge in [-0.2, -0.15) is 0 Å². The van der Waals surface area contributed by atoms with E-state index in [1.807, 2.05) is 24.3 Å². The second kappa shape index (κ2) is 4.12. The predicted octanol–water partition coefficient (Wildman–Crippen LogP) is 3.68. The Labute approximate surface area is 89.5 Å². The van der Waals surface area contributed by atoms with Gasteiger partial charge >= 0.3 is 0 Å². The minimum atomic E-state index is -1.24. The van der Waals surface area contributed by atoms with Gasteiger partial charge in [0.15, 0.2) is 0 Å². The Balaban J connectivity index is 2.97. The van der Waals surface area contributed by atoms with Crippen molar-refractivity contribution in [2.24, 2.45) is 0 Å². The van der Waals surface area contributed by atoms with E-state index in [9.17, 15) is 0 Å². The van der Waals surface area contributed by atoms with Gasteiger partial charge in [0, 0.05) is 10.0 Å². The molecule has 0 spiro atoms. The third-order valence-electron chi connectivity index (χ3n) is 1.45. The van der Waals surface area contributed by atoms with Crippen LogP contribution in [0.15, 0.2) is 28.7 Å². The third-order valence-corrected chi connectivity index (χ3v) is 3.01. The first-order valence-electron chi connectivity index (χ1n) is 4.27. The van der Waals surface area contributed by atoms with Gasteiger partial charge in [-0.3, -0.25) is 0 Å². The molecule has 0 atom stereocenters. The van der Waals surface area contributed by atoms with Crippen molar-refractivity contribution in [3.63, 3.8) is 0 Å². The first-order chi connectivity index (χ1) is 5.99. The lowest BCUT2D eigenvalue weighted by Gasteiger charge is -2.03. The molecule has 2 heteroatoms. The summed E-state index contributed by atoms with van der Waals surface area (Å²) in [6.45, 7) is 6.74. The summed E-state index contributed by atoms with van der Waals surface area (Å²) in [6.07, 6.45) is 0. The van der Waals surface area contributed by atoms with Crippen LogP contribution in [0.4, 0.5) is 0 Å². The molecule has 0 amide bonds. The fraction of sp³-hybridized carbons (Fsp3) is 0.273. The Morgan fingerprint density at radius 3 is 2.31 bits per heavy atom. The molecule has 1 aromatic carbocycles. The molecule has 0 unspecified atom stereocenters. The van der Waals surface area contributed by atoms with Gasteiger partial charge in [0.2, 0.25) is 0 Å². The molecule has 0 radical (unpaired) electrons. The van der Waals surface area contributed by atoms with Crippen molar-refractivity contribution >= 4 is 24.0 Å². The molecule has 68 valence electrons. The second-order valence-electron chi connectivity index (χ2n) is 3.98. The molecular formula is C11H13BrSi. The molecule has 0 aliphatic rings. The zero-order valence-electron chi connectivity index (χ0n) is 8.19. The maximum absolute atomic E-state index is 3.48. The fourth-order valence-corrected chi connectivity index (χ4v) is 1.71. The number of hydrogen-bond acceptors (Lipinski definition) is 0. The zero-order chi connectivity index (χ0) is 9.90. The lowest BCUT2D eigenvalue weighted by molar-refractivity contribution is 1.59. The average Bonchev–Trinajstić information content (AvgIpc) is 2.01. The molecule has 1 aromatic rings. The van der Waals surface area contributed by atoms with Crippen LogP contribution in [0.3, 0.4) is 0 Å². The molecule has 0 N–H and O–H groups in total. The molecule has 0 heterocycles. The first-order valence-corrected chi connectivity index (χ1v) is 8.56. The van der Waals surface area contributed by atoms with Crippen molar-refractivity contribution in [2.75, 3.05) is 0 Å². The maximum Gasteiger partial charge on any atom is 0.129 e. The predicted molar refractivity (Wildman–Crippen MR) is 64.4 cm³/mol. The van der Waals surface area contributed by atoms with E-state index in [1.165, 1.54) is 0 Å². The Hall–Kier alpha value is -0.523. The maximum atomic E-state index is 3.48. The van der Waals surface area contributed by atoms with E-state index in [-0.39, 0.29) is 0 Å². The second-order valence-corrected chi connectivity index (χ2v) is 9.58. The lowest BCUT2D eigenvalue weighted by Crippen LogP contribution is -2.16. The Morgan fingerprint density at radius 2 is 1.77 bits per heavy atom.